The summed E-state index contributed by atoms with van der Waals surface area (Å²) in [6, 6.07) is 0. The average Bonchev–Trinajstić information content (AvgIpc) is 1.36. The van der Waals surface area contributed by atoms with Crippen LogP contribution in [-0.2, 0) is 32.2 Å². The minimum atomic E-state index is -4.67. The summed E-state index contributed by atoms with van der Waals surface area (Å²) >= 11 is 0.125. The summed E-state index contributed by atoms with van der Waals surface area (Å²) < 4.78 is 40.0. The predicted octanol–water partition coefficient (Wildman–Crippen LogP) is -0.774. The van der Waals surface area contributed by atoms with Crippen molar-refractivity contribution in [2.24, 2.45) is 0 Å². The van der Waals surface area contributed by atoms with Crippen molar-refractivity contribution >= 4 is 10.4 Å². The van der Waals surface area contributed by atoms with E-state index in [0.29, 0.717) is 0 Å². The molecule has 0 amide bonds. The van der Waals surface area contributed by atoms with Gasteiger partial charge < -0.3 is 0 Å². The van der Waals surface area contributed by atoms with E-state index in [4.69, 9.17) is 21.1 Å². The third kappa shape index (κ3) is 1350. The molecule has 0 saturated carbocycles. The van der Waals surface area contributed by atoms with Gasteiger partial charge in [-0.05, 0) is 0 Å². The maximum absolute atomic E-state index is 8.74. The van der Waals surface area contributed by atoms with Crippen LogP contribution in [-0.4, -0.2) is 17.5 Å². The van der Waals surface area contributed by atoms with Gasteiger partial charge in [0, 0.05) is 0 Å². The molecule has 2 N–H and O–H groups in total. The Kier molecular flexibility index (Phi) is 6.56. The van der Waals surface area contributed by atoms with E-state index in [2.05, 4.69) is 0 Å². The molecule has 0 aliphatic carbocycles. The molecule has 0 aromatic rings. The van der Waals surface area contributed by atoms with Crippen LogP contribution >= 0.6 is 0 Å². The van der Waals surface area contributed by atoms with Crippen LogP contribution in [0.4, 0.5) is 0 Å². The molecule has 0 heterocycles. The van der Waals surface area contributed by atoms with Crippen LogP contribution in [0.15, 0.2) is 0 Å². The van der Waals surface area contributed by atoms with Crippen LogP contribution in [0.5, 0.6) is 0 Å². The molecule has 0 radical (unpaired) electrons. The first-order chi connectivity index (χ1) is 3.00. The summed E-state index contributed by atoms with van der Waals surface area (Å²) in [5, 5.41) is 0. The fraction of sp³-hybridized carbons (Fsp3) is 0. The number of hydrogen-bond donors (Lipinski definition) is 2. The van der Waals surface area contributed by atoms with Gasteiger partial charge in [-0.2, -0.15) is 8.42 Å². The molecule has 0 fully saturated rings. The number of hydrogen-bond acceptors (Lipinski definition) is 3. The average molecular weight is 179 g/mol. The van der Waals surface area contributed by atoms with Gasteiger partial charge in [0.1, 0.15) is 0 Å². The second kappa shape index (κ2) is 4.45. The Labute approximate surface area is 50.2 Å². The molecule has 0 saturated heterocycles. The van der Waals surface area contributed by atoms with Gasteiger partial charge in [0.05, 0.1) is 0 Å². The zero-order chi connectivity index (χ0) is 6.50. The van der Waals surface area contributed by atoms with E-state index in [1.54, 1.807) is 0 Å². The Hall–Kier alpha value is 0.293. The summed E-state index contributed by atoms with van der Waals surface area (Å²) in [7, 11) is -4.67. The summed E-state index contributed by atoms with van der Waals surface area (Å²) in [5.74, 6) is 0. The Morgan fingerprint density at radius 3 is 1.14 bits per heavy atom. The van der Waals surface area contributed by atoms with Crippen molar-refractivity contribution in [1.29, 1.82) is 0 Å². The van der Waals surface area contributed by atoms with E-state index >= 15 is 0 Å². The van der Waals surface area contributed by atoms with Gasteiger partial charge in [-0.1, -0.05) is 0 Å². The molecule has 0 aliphatic rings. The van der Waals surface area contributed by atoms with Crippen molar-refractivity contribution in [3.8, 4) is 0 Å². The quantitative estimate of drug-likeness (QED) is 0.376. The van der Waals surface area contributed by atoms with Crippen molar-refractivity contribution in [1.82, 2.24) is 0 Å². The molecular formula is H2O5SZn. The third-order valence-corrected chi connectivity index (χ3v) is 0. The SMILES string of the molecule is O=S(=O)(O)O.[O]=[Zn]. The second-order valence-electron chi connectivity index (χ2n) is 0.448. The standard InChI is InChI=1S/H2O4S.O.Zn/c1-5(2,3)4;;/h(H2,1,2,3,4);;. The Morgan fingerprint density at radius 1 is 1.14 bits per heavy atom. The van der Waals surface area contributed by atoms with Crippen molar-refractivity contribution in [2.75, 3.05) is 0 Å². The van der Waals surface area contributed by atoms with E-state index in [9.17, 15) is 0 Å². The van der Waals surface area contributed by atoms with E-state index in [1.807, 2.05) is 0 Å². The van der Waals surface area contributed by atoms with Gasteiger partial charge in [-0.25, -0.2) is 0 Å². The van der Waals surface area contributed by atoms with E-state index in [1.165, 1.54) is 0 Å². The predicted molar refractivity (Wildman–Crippen MR) is 14.9 cm³/mol. The van der Waals surface area contributed by atoms with E-state index in [-0.39, 0.29) is 18.3 Å². The molecule has 40 valence electrons. The molecule has 5 nitrogen and oxygen atoms in total. The first-order valence-electron chi connectivity index (χ1n) is 0.987. The van der Waals surface area contributed by atoms with Crippen LogP contribution in [0, 0.1) is 0 Å². The molecule has 0 aromatic heterocycles. The van der Waals surface area contributed by atoms with Gasteiger partial charge in [-0.15, -0.1) is 0 Å². The summed E-state index contributed by atoms with van der Waals surface area (Å²) in [6.45, 7) is 0. The Morgan fingerprint density at radius 2 is 1.14 bits per heavy atom. The molecule has 0 spiro atoms. The van der Waals surface area contributed by atoms with Crippen LogP contribution in [0.2, 0.25) is 0 Å². The van der Waals surface area contributed by atoms with Crippen molar-refractivity contribution in [2.45, 2.75) is 0 Å². The summed E-state index contributed by atoms with van der Waals surface area (Å²) in [4.78, 5) is 0. The molecule has 7 heavy (non-hydrogen) atoms. The van der Waals surface area contributed by atoms with Gasteiger partial charge in [0.25, 0.3) is 0 Å². The van der Waals surface area contributed by atoms with Gasteiger partial charge in [0.2, 0.25) is 0 Å². The monoisotopic (exact) mass is 178 g/mol. The fourth-order valence-electron chi connectivity index (χ4n) is 0. The van der Waals surface area contributed by atoms with Crippen LogP contribution in [0.3, 0.4) is 0 Å². The van der Waals surface area contributed by atoms with Crippen molar-refractivity contribution in [3.05, 3.63) is 0 Å². The van der Waals surface area contributed by atoms with Gasteiger partial charge in [0.15, 0.2) is 0 Å². The van der Waals surface area contributed by atoms with Crippen LogP contribution in [0.1, 0.15) is 0 Å². The van der Waals surface area contributed by atoms with Crippen LogP contribution in [0.25, 0.3) is 0 Å². The molecule has 0 aromatic carbocycles. The molecule has 7 heteroatoms. The van der Waals surface area contributed by atoms with Gasteiger partial charge >= 0.3 is 32.2 Å². The Balaban J connectivity index is 0. The Bertz CT molecular complexity index is 102. The zero-order valence-corrected chi connectivity index (χ0v) is 7.02. The fourth-order valence-corrected chi connectivity index (χ4v) is 0. The molecule has 0 atom stereocenters. The van der Waals surface area contributed by atoms with Crippen LogP contribution < -0.4 is 0 Å². The second-order valence-corrected chi connectivity index (χ2v) is 1.34. The minimum absolute atomic E-state index is 0.125. The number of rotatable bonds is 0. The molecular weight excluding hydrogens is 177 g/mol. The normalized spacial score (nSPS) is 9.14. The molecule has 0 unspecified atom stereocenters. The first kappa shape index (κ1) is 10.3. The zero-order valence-electron chi connectivity index (χ0n) is 3.23. The summed E-state index contributed by atoms with van der Waals surface area (Å²) in [5.41, 5.74) is 0. The molecule has 0 aliphatic heterocycles. The molecule has 0 bridgehead atoms. The maximum atomic E-state index is 8.74. The topological polar surface area (TPSA) is 91.7 Å². The first-order valence-corrected chi connectivity index (χ1v) is 3.60. The van der Waals surface area contributed by atoms with Crippen molar-refractivity contribution in [3.63, 3.8) is 0 Å². The van der Waals surface area contributed by atoms with Crippen molar-refractivity contribution < 1.29 is 39.3 Å². The van der Waals surface area contributed by atoms with E-state index in [0.717, 1.165) is 0 Å². The molecule has 0 rings (SSSR count). The van der Waals surface area contributed by atoms with Gasteiger partial charge in [-0.3, -0.25) is 9.11 Å². The third-order valence-electron chi connectivity index (χ3n) is 0. The van der Waals surface area contributed by atoms with E-state index < -0.39 is 10.4 Å². The summed E-state index contributed by atoms with van der Waals surface area (Å²) in [6.07, 6.45) is 0.